The maximum atomic E-state index is 12.1. The normalized spacial score (nSPS) is 10.2. The molecule has 2 aromatic heterocycles. The molecule has 1 N–H and O–H groups in total. The van der Waals surface area contributed by atoms with Gasteiger partial charge in [-0.2, -0.15) is 0 Å². The number of hydrogen-bond donors (Lipinski definition) is 1. The number of methoxy groups -OCH3 is 1. The molecule has 2 heterocycles. The second kappa shape index (κ2) is 6.99. The quantitative estimate of drug-likeness (QED) is 0.862. The SMILES string of the molecule is CCCc1cc(C(=O)OC)c(NC(=O)c2cccnc2)s1. The van der Waals surface area contributed by atoms with E-state index in [9.17, 15) is 9.59 Å². The Balaban J connectivity index is 2.25. The van der Waals surface area contributed by atoms with E-state index in [1.54, 1.807) is 24.4 Å². The molecule has 0 spiro atoms. The molecule has 110 valence electrons. The molecule has 21 heavy (non-hydrogen) atoms. The third-order valence-electron chi connectivity index (χ3n) is 2.84. The Morgan fingerprint density at radius 3 is 2.86 bits per heavy atom. The summed E-state index contributed by atoms with van der Waals surface area (Å²) in [6.07, 6.45) is 4.91. The fourth-order valence-corrected chi connectivity index (χ4v) is 2.98. The van der Waals surface area contributed by atoms with Gasteiger partial charge < -0.3 is 10.1 Å². The number of aromatic nitrogens is 1. The fourth-order valence-electron chi connectivity index (χ4n) is 1.84. The molecular weight excluding hydrogens is 288 g/mol. The number of pyridine rings is 1. The van der Waals surface area contributed by atoms with Crippen LogP contribution in [0.3, 0.4) is 0 Å². The molecule has 0 aliphatic heterocycles. The highest BCUT2D eigenvalue weighted by Gasteiger charge is 2.18. The maximum Gasteiger partial charge on any atom is 0.340 e. The molecule has 0 saturated heterocycles. The van der Waals surface area contributed by atoms with Crippen LogP contribution in [-0.4, -0.2) is 24.0 Å². The van der Waals surface area contributed by atoms with Gasteiger partial charge in [0.05, 0.1) is 18.2 Å². The lowest BCUT2D eigenvalue weighted by Crippen LogP contribution is -2.13. The number of thiophene rings is 1. The number of nitrogens with one attached hydrogen (secondary N) is 1. The molecule has 2 rings (SSSR count). The molecule has 0 aliphatic rings. The van der Waals surface area contributed by atoms with Crippen molar-refractivity contribution in [3.63, 3.8) is 0 Å². The third kappa shape index (κ3) is 3.66. The second-order valence-electron chi connectivity index (χ2n) is 4.39. The highest BCUT2D eigenvalue weighted by molar-refractivity contribution is 7.16. The number of rotatable bonds is 5. The standard InChI is InChI=1S/C15H16N2O3S/c1-3-5-11-8-12(15(19)20-2)14(21-11)17-13(18)10-6-4-7-16-9-10/h4,6-9H,3,5H2,1-2H3,(H,17,18). The van der Waals surface area contributed by atoms with Crippen molar-refractivity contribution in [3.8, 4) is 0 Å². The topological polar surface area (TPSA) is 68.3 Å². The van der Waals surface area contributed by atoms with Gasteiger partial charge in [0, 0.05) is 17.3 Å². The molecule has 0 fully saturated rings. The lowest BCUT2D eigenvalue weighted by molar-refractivity contribution is 0.0602. The van der Waals surface area contributed by atoms with Crippen molar-refractivity contribution < 1.29 is 14.3 Å². The number of anilines is 1. The highest BCUT2D eigenvalue weighted by atomic mass is 32.1. The molecule has 0 aromatic carbocycles. The first-order valence-corrected chi connectivity index (χ1v) is 7.39. The fraction of sp³-hybridized carbons (Fsp3) is 0.267. The van der Waals surface area contributed by atoms with Gasteiger partial charge in [0.25, 0.3) is 5.91 Å². The summed E-state index contributed by atoms with van der Waals surface area (Å²) in [5.74, 6) is -0.742. The number of esters is 1. The minimum Gasteiger partial charge on any atom is -0.465 e. The monoisotopic (exact) mass is 304 g/mol. The van der Waals surface area contributed by atoms with Crippen molar-refractivity contribution in [2.75, 3.05) is 12.4 Å². The van der Waals surface area contributed by atoms with E-state index in [1.165, 1.54) is 24.6 Å². The smallest absolute Gasteiger partial charge is 0.340 e. The third-order valence-corrected chi connectivity index (χ3v) is 3.95. The van der Waals surface area contributed by atoms with Crippen molar-refractivity contribution in [1.82, 2.24) is 4.98 Å². The van der Waals surface area contributed by atoms with E-state index in [2.05, 4.69) is 17.2 Å². The zero-order valence-electron chi connectivity index (χ0n) is 11.9. The van der Waals surface area contributed by atoms with Crippen LogP contribution in [-0.2, 0) is 11.2 Å². The number of aryl methyl sites for hydroxylation is 1. The van der Waals surface area contributed by atoms with Crippen LogP contribution in [0, 0.1) is 0 Å². The van der Waals surface area contributed by atoms with Crippen molar-refractivity contribution in [1.29, 1.82) is 0 Å². The Morgan fingerprint density at radius 1 is 1.43 bits per heavy atom. The number of ether oxygens (including phenoxy) is 1. The van der Waals surface area contributed by atoms with Gasteiger partial charge in [-0.3, -0.25) is 9.78 Å². The molecule has 0 radical (unpaired) electrons. The summed E-state index contributed by atoms with van der Waals surface area (Å²) in [6.45, 7) is 2.06. The summed E-state index contributed by atoms with van der Waals surface area (Å²) in [5.41, 5.74) is 0.835. The number of carbonyl (C=O) groups excluding carboxylic acids is 2. The van der Waals surface area contributed by atoms with E-state index in [-0.39, 0.29) is 5.91 Å². The van der Waals surface area contributed by atoms with Crippen LogP contribution in [0.2, 0.25) is 0 Å². The van der Waals surface area contributed by atoms with Gasteiger partial charge in [-0.05, 0) is 24.6 Å². The average molecular weight is 304 g/mol. The predicted molar refractivity (Wildman–Crippen MR) is 81.8 cm³/mol. The molecule has 0 aliphatic carbocycles. The lowest BCUT2D eigenvalue weighted by Gasteiger charge is -2.04. The van der Waals surface area contributed by atoms with E-state index in [0.717, 1.165) is 17.7 Å². The first kappa shape index (κ1) is 15.2. The molecule has 2 aromatic rings. The Hall–Kier alpha value is -2.21. The Labute approximate surface area is 127 Å². The Morgan fingerprint density at radius 2 is 2.24 bits per heavy atom. The van der Waals surface area contributed by atoms with Gasteiger partial charge in [0.2, 0.25) is 0 Å². The minimum atomic E-state index is -0.449. The minimum absolute atomic E-state index is 0.293. The van der Waals surface area contributed by atoms with Crippen LogP contribution in [0.1, 0.15) is 38.9 Å². The summed E-state index contributed by atoms with van der Waals surface area (Å²) in [4.78, 5) is 28.9. The average Bonchev–Trinajstić information content (AvgIpc) is 2.90. The summed E-state index contributed by atoms with van der Waals surface area (Å²) >= 11 is 1.40. The van der Waals surface area contributed by atoms with Gasteiger partial charge >= 0.3 is 5.97 Å². The van der Waals surface area contributed by atoms with Gasteiger partial charge in [-0.1, -0.05) is 13.3 Å². The zero-order chi connectivity index (χ0) is 15.2. The molecule has 0 bridgehead atoms. The summed E-state index contributed by atoms with van der Waals surface area (Å²) in [7, 11) is 1.33. The summed E-state index contributed by atoms with van der Waals surface area (Å²) in [5, 5.41) is 3.27. The molecule has 1 amide bonds. The van der Waals surface area contributed by atoms with E-state index < -0.39 is 5.97 Å². The van der Waals surface area contributed by atoms with E-state index in [1.807, 2.05) is 0 Å². The van der Waals surface area contributed by atoms with Crippen LogP contribution < -0.4 is 5.32 Å². The van der Waals surface area contributed by atoms with Crippen LogP contribution >= 0.6 is 11.3 Å². The zero-order valence-corrected chi connectivity index (χ0v) is 12.7. The van der Waals surface area contributed by atoms with Gasteiger partial charge in [-0.25, -0.2) is 4.79 Å². The molecule has 6 heteroatoms. The number of nitrogens with zero attached hydrogens (tertiary/aromatic N) is 1. The summed E-state index contributed by atoms with van der Waals surface area (Å²) < 4.78 is 4.76. The lowest BCUT2D eigenvalue weighted by atomic mass is 10.2. The van der Waals surface area contributed by atoms with Gasteiger partial charge in [-0.15, -0.1) is 11.3 Å². The van der Waals surface area contributed by atoms with Crippen molar-refractivity contribution in [3.05, 3.63) is 46.6 Å². The first-order chi connectivity index (χ1) is 10.2. The second-order valence-corrected chi connectivity index (χ2v) is 5.53. The van der Waals surface area contributed by atoms with Gasteiger partial charge in [0.1, 0.15) is 5.00 Å². The van der Waals surface area contributed by atoms with Crippen molar-refractivity contribution >= 4 is 28.2 Å². The highest BCUT2D eigenvalue weighted by Crippen LogP contribution is 2.30. The molecule has 0 saturated carbocycles. The Kier molecular flexibility index (Phi) is 5.05. The molecule has 0 atom stereocenters. The first-order valence-electron chi connectivity index (χ1n) is 6.58. The number of amides is 1. The van der Waals surface area contributed by atoms with E-state index >= 15 is 0 Å². The van der Waals surface area contributed by atoms with Crippen molar-refractivity contribution in [2.24, 2.45) is 0 Å². The molecule has 0 unspecified atom stereocenters. The van der Waals surface area contributed by atoms with Crippen LogP contribution in [0.5, 0.6) is 0 Å². The largest absolute Gasteiger partial charge is 0.465 e. The van der Waals surface area contributed by atoms with Crippen LogP contribution in [0.25, 0.3) is 0 Å². The summed E-state index contributed by atoms with van der Waals surface area (Å²) in [6, 6.07) is 5.13. The van der Waals surface area contributed by atoms with E-state index in [4.69, 9.17) is 4.74 Å². The van der Waals surface area contributed by atoms with Crippen molar-refractivity contribution in [2.45, 2.75) is 19.8 Å². The number of hydrogen-bond acceptors (Lipinski definition) is 5. The maximum absolute atomic E-state index is 12.1. The van der Waals surface area contributed by atoms with Gasteiger partial charge in [0.15, 0.2) is 0 Å². The van der Waals surface area contributed by atoms with E-state index in [0.29, 0.717) is 16.1 Å². The molecular formula is C15H16N2O3S. The molecule has 5 nitrogen and oxygen atoms in total. The number of carbonyl (C=O) groups is 2. The predicted octanol–water partition coefficient (Wildman–Crippen LogP) is 3.13. The van der Waals surface area contributed by atoms with Crippen LogP contribution in [0.4, 0.5) is 5.00 Å². The Bertz CT molecular complexity index is 638. The van der Waals surface area contributed by atoms with Crippen LogP contribution in [0.15, 0.2) is 30.6 Å².